The van der Waals surface area contributed by atoms with Gasteiger partial charge < -0.3 is 10.6 Å². The zero-order valence-electron chi connectivity index (χ0n) is 15.4. The third kappa shape index (κ3) is 7.46. The van der Waals surface area contributed by atoms with Gasteiger partial charge in [0.05, 0.1) is 18.1 Å². The summed E-state index contributed by atoms with van der Waals surface area (Å²) in [4.78, 5) is 4.68. The number of rotatable bonds is 7. The summed E-state index contributed by atoms with van der Waals surface area (Å²) >= 11 is 0. The molecule has 140 valence electrons. The Morgan fingerprint density at radius 1 is 1.16 bits per heavy atom. The van der Waals surface area contributed by atoms with Gasteiger partial charge in [0.2, 0.25) is 0 Å². The molecule has 0 unspecified atom stereocenters. The Labute approximate surface area is 152 Å². The molecule has 1 fully saturated rings. The molecule has 0 radical (unpaired) electrons. The molecule has 0 saturated carbocycles. The van der Waals surface area contributed by atoms with Gasteiger partial charge in [-0.1, -0.05) is 43.2 Å². The monoisotopic (exact) mass is 365 g/mol. The summed E-state index contributed by atoms with van der Waals surface area (Å²) in [5.74, 6) is 1.86. The van der Waals surface area contributed by atoms with Crippen LogP contribution in [0.5, 0.6) is 0 Å². The minimum Gasteiger partial charge on any atom is -0.356 e. The molecule has 2 N–H and O–H groups in total. The van der Waals surface area contributed by atoms with Crippen LogP contribution in [-0.4, -0.2) is 39.0 Å². The highest BCUT2D eigenvalue weighted by Crippen LogP contribution is 2.17. The summed E-state index contributed by atoms with van der Waals surface area (Å²) in [7, 11) is -2.80. The Hall–Kier alpha value is -1.56. The SMILES string of the molecule is CCCCNC(=NCc1ccc(C)cc1)NCC1CCS(=O)(=O)CC1. The fourth-order valence-corrected chi connectivity index (χ4v) is 4.39. The molecule has 2 rings (SSSR count). The van der Waals surface area contributed by atoms with Gasteiger partial charge in [0.1, 0.15) is 9.84 Å². The van der Waals surface area contributed by atoms with E-state index in [1.54, 1.807) is 0 Å². The molecule has 0 spiro atoms. The van der Waals surface area contributed by atoms with Crippen LogP contribution < -0.4 is 10.6 Å². The fraction of sp³-hybridized carbons (Fsp3) is 0.632. The number of guanidine groups is 1. The smallest absolute Gasteiger partial charge is 0.191 e. The molecule has 0 amide bonds. The summed E-state index contributed by atoms with van der Waals surface area (Å²) < 4.78 is 23.1. The molecular formula is C19H31N3O2S. The van der Waals surface area contributed by atoms with Crippen molar-refractivity contribution >= 4 is 15.8 Å². The number of unbranched alkanes of at least 4 members (excludes halogenated alkanes) is 1. The van der Waals surface area contributed by atoms with Crippen molar-refractivity contribution in [3.8, 4) is 0 Å². The van der Waals surface area contributed by atoms with Gasteiger partial charge in [-0.05, 0) is 37.7 Å². The van der Waals surface area contributed by atoms with E-state index in [0.717, 1.165) is 44.7 Å². The first-order valence-electron chi connectivity index (χ1n) is 9.26. The number of sulfone groups is 1. The molecule has 0 bridgehead atoms. The van der Waals surface area contributed by atoms with Gasteiger partial charge >= 0.3 is 0 Å². The molecule has 0 aromatic heterocycles. The second-order valence-corrected chi connectivity index (χ2v) is 9.21. The lowest BCUT2D eigenvalue weighted by molar-refractivity contribution is 0.457. The van der Waals surface area contributed by atoms with Crippen LogP contribution in [0.25, 0.3) is 0 Å². The van der Waals surface area contributed by atoms with Crippen LogP contribution in [0.3, 0.4) is 0 Å². The third-order valence-corrected chi connectivity index (χ3v) is 6.31. The van der Waals surface area contributed by atoms with Crippen LogP contribution >= 0.6 is 0 Å². The molecule has 1 aliphatic heterocycles. The van der Waals surface area contributed by atoms with Gasteiger partial charge in [-0.3, -0.25) is 0 Å². The van der Waals surface area contributed by atoms with E-state index in [9.17, 15) is 8.42 Å². The fourth-order valence-electron chi connectivity index (χ4n) is 2.81. The number of aryl methyl sites for hydroxylation is 1. The Kier molecular flexibility index (Phi) is 7.75. The van der Waals surface area contributed by atoms with Crippen molar-refractivity contribution in [2.24, 2.45) is 10.9 Å². The van der Waals surface area contributed by atoms with E-state index in [1.165, 1.54) is 11.1 Å². The second-order valence-electron chi connectivity index (χ2n) is 6.91. The summed E-state index contributed by atoms with van der Waals surface area (Å²) in [6, 6.07) is 8.42. The van der Waals surface area contributed by atoms with Crippen LogP contribution in [0, 0.1) is 12.8 Å². The zero-order valence-corrected chi connectivity index (χ0v) is 16.2. The summed E-state index contributed by atoms with van der Waals surface area (Å²) in [6.45, 7) is 6.56. The lowest BCUT2D eigenvalue weighted by Gasteiger charge is -2.23. The van der Waals surface area contributed by atoms with Crippen molar-refractivity contribution in [2.75, 3.05) is 24.6 Å². The van der Waals surface area contributed by atoms with E-state index >= 15 is 0 Å². The van der Waals surface area contributed by atoms with Gasteiger partial charge in [0, 0.05) is 13.1 Å². The summed E-state index contributed by atoms with van der Waals surface area (Å²) in [5, 5.41) is 6.78. The van der Waals surface area contributed by atoms with Gasteiger partial charge in [0.25, 0.3) is 0 Å². The van der Waals surface area contributed by atoms with E-state index in [-0.39, 0.29) is 0 Å². The third-order valence-electron chi connectivity index (χ3n) is 4.60. The van der Waals surface area contributed by atoms with Crippen molar-refractivity contribution < 1.29 is 8.42 Å². The second kappa shape index (κ2) is 9.80. The summed E-state index contributed by atoms with van der Waals surface area (Å²) in [5.41, 5.74) is 2.44. The molecule has 6 heteroatoms. The molecule has 1 aromatic rings. The Bertz CT molecular complexity index is 640. The minimum atomic E-state index is -2.80. The highest BCUT2D eigenvalue weighted by molar-refractivity contribution is 7.91. The molecule has 5 nitrogen and oxygen atoms in total. The Morgan fingerprint density at radius 2 is 1.84 bits per heavy atom. The topological polar surface area (TPSA) is 70.6 Å². The highest BCUT2D eigenvalue weighted by Gasteiger charge is 2.23. The van der Waals surface area contributed by atoms with Crippen molar-refractivity contribution in [1.82, 2.24) is 10.6 Å². The average molecular weight is 366 g/mol. The van der Waals surface area contributed by atoms with Crippen LogP contribution in [0.15, 0.2) is 29.3 Å². The van der Waals surface area contributed by atoms with Crippen molar-refractivity contribution in [3.05, 3.63) is 35.4 Å². The maximum absolute atomic E-state index is 11.5. The van der Waals surface area contributed by atoms with Crippen molar-refractivity contribution in [3.63, 3.8) is 0 Å². The van der Waals surface area contributed by atoms with Gasteiger partial charge in [-0.15, -0.1) is 0 Å². The van der Waals surface area contributed by atoms with Crippen LogP contribution in [0.4, 0.5) is 0 Å². The van der Waals surface area contributed by atoms with Crippen LogP contribution in [0.2, 0.25) is 0 Å². The largest absolute Gasteiger partial charge is 0.356 e. The Morgan fingerprint density at radius 3 is 2.48 bits per heavy atom. The molecule has 1 heterocycles. The average Bonchev–Trinajstić information content (AvgIpc) is 2.59. The quantitative estimate of drug-likeness (QED) is 0.443. The maximum atomic E-state index is 11.5. The first kappa shape index (κ1) is 19.8. The predicted octanol–water partition coefficient (Wildman–Crippen LogP) is 2.66. The van der Waals surface area contributed by atoms with E-state index < -0.39 is 9.84 Å². The van der Waals surface area contributed by atoms with Gasteiger partial charge in [0.15, 0.2) is 5.96 Å². The van der Waals surface area contributed by atoms with E-state index in [4.69, 9.17) is 0 Å². The number of nitrogens with one attached hydrogen (secondary N) is 2. The van der Waals surface area contributed by atoms with E-state index in [2.05, 4.69) is 53.7 Å². The number of benzene rings is 1. The number of aliphatic imine (C=N–C) groups is 1. The summed E-state index contributed by atoms with van der Waals surface area (Å²) in [6.07, 6.45) is 3.73. The van der Waals surface area contributed by atoms with E-state index in [1.807, 2.05) is 0 Å². The number of nitrogens with zero attached hydrogens (tertiary/aromatic N) is 1. The minimum absolute atomic E-state index is 0.318. The first-order chi connectivity index (χ1) is 12.0. The molecular weight excluding hydrogens is 334 g/mol. The van der Waals surface area contributed by atoms with Crippen LogP contribution in [-0.2, 0) is 16.4 Å². The predicted molar refractivity (Wildman–Crippen MR) is 105 cm³/mol. The maximum Gasteiger partial charge on any atom is 0.191 e. The molecule has 1 aliphatic rings. The van der Waals surface area contributed by atoms with Crippen LogP contribution in [0.1, 0.15) is 43.7 Å². The first-order valence-corrected chi connectivity index (χ1v) is 11.1. The standard InChI is InChI=1S/C19H31N3O2S/c1-3-4-11-20-19(21-14-17-7-5-16(2)6-8-17)22-15-18-9-12-25(23,24)13-10-18/h5-8,18H,3-4,9-15H2,1-2H3,(H2,20,21,22). The molecule has 1 aromatic carbocycles. The normalized spacial score (nSPS) is 18.1. The molecule has 25 heavy (non-hydrogen) atoms. The van der Waals surface area contributed by atoms with E-state index in [0.29, 0.717) is 24.0 Å². The lowest BCUT2D eigenvalue weighted by Crippen LogP contribution is -2.41. The molecule has 0 aliphatic carbocycles. The van der Waals surface area contributed by atoms with Crippen molar-refractivity contribution in [2.45, 2.75) is 46.1 Å². The van der Waals surface area contributed by atoms with Gasteiger partial charge in [-0.25, -0.2) is 13.4 Å². The molecule has 1 saturated heterocycles. The zero-order chi connectivity index (χ0) is 18.1. The van der Waals surface area contributed by atoms with Gasteiger partial charge in [-0.2, -0.15) is 0 Å². The molecule has 0 atom stereocenters. The highest BCUT2D eigenvalue weighted by atomic mass is 32.2. The lowest BCUT2D eigenvalue weighted by atomic mass is 10.0. The Balaban J connectivity index is 1.88. The number of hydrogen-bond acceptors (Lipinski definition) is 3. The number of hydrogen-bond donors (Lipinski definition) is 2. The van der Waals surface area contributed by atoms with Crippen molar-refractivity contribution in [1.29, 1.82) is 0 Å².